The second kappa shape index (κ2) is 6.65. The minimum atomic E-state index is 0.770. The molecule has 0 amide bonds. The fourth-order valence-corrected chi connectivity index (χ4v) is 3.80. The zero-order valence-electron chi connectivity index (χ0n) is 11.9. The Balaban J connectivity index is 1.90. The molecule has 2 nitrogen and oxygen atoms in total. The van der Waals surface area contributed by atoms with Crippen LogP contribution in [0.4, 0.5) is 0 Å². The van der Waals surface area contributed by atoms with Gasteiger partial charge < -0.3 is 10.3 Å². The first-order valence-electron chi connectivity index (χ1n) is 7.29. The largest absolute Gasteiger partial charge is 0.342 e. The molecule has 0 atom stereocenters. The summed E-state index contributed by atoms with van der Waals surface area (Å²) in [7, 11) is 0. The third kappa shape index (κ3) is 3.31. The molecule has 1 aromatic carbocycles. The van der Waals surface area contributed by atoms with E-state index in [4.69, 9.17) is 17.3 Å². The van der Waals surface area contributed by atoms with Crippen molar-refractivity contribution in [3.63, 3.8) is 0 Å². The summed E-state index contributed by atoms with van der Waals surface area (Å²) in [6.45, 7) is 1.65. The van der Waals surface area contributed by atoms with Gasteiger partial charge >= 0.3 is 0 Å². The Morgan fingerprint density at radius 3 is 2.71 bits per heavy atom. The summed E-state index contributed by atoms with van der Waals surface area (Å²) in [6, 6.07) is 12.7. The van der Waals surface area contributed by atoms with Crippen LogP contribution in [0.25, 0.3) is 10.9 Å². The fourth-order valence-electron chi connectivity index (χ4n) is 2.72. The van der Waals surface area contributed by atoms with E-state index in [1.54, 1.807) is 11.3 Å². The molecule has 4 heteroatoms. The Hall–Kier alpha value is -1.29. The highest BCUT2D eigenvalue weighted by atomic mass is 35.5. The molecule has 110 valence electrons. The summed E-state index contributed by atoms with van der Waals surface area (Å²) in [6.07, 6.45) is 5.61. The van der Waals surface area contributed by atoms with Crippen LogP contribution in [-0.4, -0.2) is 11.1 Å². The minimum absolute atomic E-state index is 0.770. The van der Waals surface area contributed by atoms with E-state index < -0.39 is 0 Å². The average Bonchev–Trinajstić information content (AvgIpc) is 3.05. The topological polar surface area (TPSA) is 30.9 Å². The van der Waals surface area contributed by atoms with E-state index in [2.05, 4.69) is 41.1 Å². The highest BCUT2D eigenvalue weighted by Gasteiger charge is 2.09. The molecule has 2 N–H and O–H groups in total. The number of aromatic nitrogens is 1. The molecule has 2 aromatic heterocycles. The molecule has 0 saturated carbocycles. The summed E-state index contributed by atoms with van der Waals surface area (Å²) in [5.41, 5.74) is 8.31. The van der Waals surface area contributed by atoms with Crippen molar-refractivity contribution in [2.75, 3.05) is 6.54 Å². The molecule has 0 aliphatic heterocycles. The van der Waals surface area contributed by atoms with Crippen LogP contribution in [0.5, 0.6) is 0 Å². The maximum atomic E-state index is 6.03. The number of benzene rings is 1. The number of nitrogens with two attached hydrogens (primary N) is 1. The van der Waals surface area contributed by atoms with Gasteiger partial charge in [-0.3, -0.25) is 0 Å². The summed E-state index contributed by atoms with van der Waals surface area (Å²) in [4.78, 5) is 1.29. The number of unbranched alkanes of at least 4 members (excludes halogenated alkanes) is 1. The number of aryl methyl sites for hydroxylation is 1. The number of thiophene rings is 1. The predicted molar refractivity (Wildman–Crippen MR) is 92.4 cm³/mol. The van der Waals surface area contributed by atoms with Gasteiger partial charge in [0.05, 0.1) is 10.9 Å². The van der Waals surface area contributed by atoms with Gasteiger partial charge in [0.15, 0.2) is 0 Å². The van der Waals surface area contributed by atoms with Crippen LogP contribution in [0.15, 0.2) is 42.6 Å². The van der Waals surface area contributed by atoms with Crippen LogP contribution in [0, 0.1) is 0 Å². The Morgan fingerprint density at radius 2 is 1.95 bits per heavy atom. The first-order chi connectivity index (χ1) is 10.3. The van der Waals surface area contributed by atoms with Crippen molar-refractivity contribution < 1.29 is 0 Å². The van der Waals surface area contributed by atoms with Gasteiger partial charge in [0.2, 0.25) is 0 Å². The maximum absolute atomic E-state index is 6.03. The molecule has 0 saturated heterocycles. The normalized spacial score (nSPS) is 11.3. The number of rotatable bonds is 6. The molecular weight excluding hydrogens is 300 g/mol. The second-order valence-electron chi connectivity index (χ2n) is 5.25. The van der Waals surface area contributed by atoms with E-state index in [1.165, 1.54) is 21.3 Å². The molecule has 0 bridgehead atoms. The predicted octanol–water partition coefficient (Wildman–Crippen LogP) is 4.69. The number of para-hydroxylation sites is 1. The third-order valence-electron chi connectivity index (χ3n) is 3.73. The molecule has 3 rings (SSSR count). The van der Waals surface area contributed by atoms with Gasteiger partial charge in [0.1, 0.15) is 0 Å². The van der Waals surface area contributed by atoms with Crippen LogP contribution < -0.4 is 5.73 Å². The zero-order valence-corrected chi connectivity index (χ0v) is 13.5. The van der Waals surface area contributed by atoms with Crippen LogP contribution >= 0.6 is 22.9 Å². The van der Waals surface area contributed by atoms with E-state index >= 15 is 0 Å². The number of halogens is 1. The van der Waals surface area contributed by atoms with Gasteiger partial charge in [0.25, 0.3) is 0 Å². The lowest BCUT2D eigenvalue weighted by Gasteiger charge is -2.02. The fraction of sp³-hybridized carbons (Fsp3) is 0.294. The van der Waals surface area contributed by atoms with E-state index in [0.29, 0.717) is 0 Å². The standard InChI is InChI=1S/C17H19ClN2S/c18-17-9-8-14(21-17)12-20-11-13(5-3-4-10-19)15-6-1-2-7-16(15)20/h1-2,6-9,11H,3-5,10,12,19H2. The van der Waals surface area contributed by atoms with Gasteiger partial charge in [-0.25, -0.2) is 0 Å². The van der Waals surface area contributed by atoms with E-state index in [1.807, 2.05) is 6.07 Å². The smallest absolute Gasteiger partial charge is 0.0931 e. The number of nitrogens with zero attached hydrogens (tertiary/aromatic N) is 1. The summed E-state index contributed by atoms with van der Waals surface area (Å²) in [5.74, 6) is 0. The number of fused-ring (bicyclic) bond motifs is 1. The first-order valence-corrected chi connectivity index (χ1v) is 8.48. The quantitative estimate of drug-likeness (QED) is 0.657. The molecule has 0 unspecified atom stereocenters. The van der Waals surface area contributed by atoms with Crippen molar-refractivity contribution in [1.29, 1.82) is 0 Å². The SMILES string of the molecule is NCCCCc1cn(Cc2ccc(Cl)s2)c2ccccc12. The van der Waals surface area contributed by atoms with E-state index in [-0.39, 0.29) is 0 Å². The molecule has 3 aromatic rings. The number of hydrogen-bond donors (Lipinski definition) is 1. The van der Waals surface area contributed by atoms with Crippen molar-refractivity contribution in [1.82, 2.24) is 4.57 Å². The highest BCUT2D eigenvalue weighted by Crippen LogP contribution is 2.27. The Morgan fingerprint density at radius 1 is 1.10 bits per heavy atom. The van der Waals surface area contributed by atoms with Crippen molar-refractivity contribution in [2.24, 2.45) is 5.73 Å². The van der Waals surface area contributed by atoms with Crippen molar-refractivity contribution >= 4 is 33.8 Å². The molecule has 0 radical (unpaired) electrons. The molecule has 0 aliphatic carbocycles. The van der Waals surface area contributed by atoms with E-state index in [9.17, 15) is 0 Å². The lowest BCUT2D eigenvalue weighted by molar-refractivity contribution is 0.742. The first kappa shape index (κ1) is 14.6. The highest BCUT2D eigenvalue weighted by molar-refractivity contribution is 7.16. The lowest BCUT2D eigenvalue weighted by atomic mass is 10.1. The Kier molecular flexibility index (Phi) is 4.63. The molecule has 0 spiro atoms. The Bertz CT molecular complexity index is 729. The summed E-state index contributed by atoms with van der Waals surface area (Å²) < 4.78 is 3.18. The van der Waals surface area contributed by atoms with Gasteiger partial charge in [0, 0.05) is 22.0 Å². The third-order valence-corrected chi connectivity index (χ3v) is 4.94. The maximum Gasteiger partial charge on any atom is 0.0931 e. The van der Waals surface area contributed by atoms with Crippen molar-refractivity contribution in [3.05, 3.63) is 57.4 Å². The van der Waals surface area contributed by atoms with Crippen LogP contribution in [0.3, 0.4) is 0 Å². The molecule has 21 heavy (non-hydrogen) atoms. The monoisotopic (exact) mass is 318 g/mol. The molecule has 0 fully saturated rings. The molecule has 2 heterocycles. The van der Waals surface area contributed by atoms with Crippen LogP contribution in [0.1, 0.15) is 23.3 Å². The van der Waals surface area contributed by atoms with Crippen molar-refractivity contribution in [2.45, 2.75) is 25.8 Å². The summed E-state index contributed by atoms with van der Waals surface area (Å²) in [5, 5.41) is 1.36. The van der Waals surface area contributed by atoms with E-state index in [0.717, 1.165) is 36.7 Å². The van der Waals surface area contributed by atoms with Gasteiger partial charge in [-0.15, -0.1) is 11.3 Å². The van der Waals surface area contributed by atoms with Crippen molar-refractivity contribution in [3.8, 4) is 0 Å². The van der Waals surface area contributed by atoms with Gasteiger partial charge in [-0.2, -0.15) is 0 Å². The van der Waals surface area contributed by atoms with Gasteiger partial charge in [-0.1, -0.05) is 29.8 Å². The molecular formula is C17H19ClN2S. The number of hydrogen-bond acceptors (Lipinski definition) is 2. The Labute approximate surface area is 134 Å². The van der Waals surface area contributed by atoms with Crippen LogP contribution in [0.2, 0.25) is 4.34 Å². The average molecular weight is 319 g/mol. The molecule has 0 aliphatic rings. The van der Waals surface area contributed by atoms with Crippen LogP contribution in [-0.2, 0) is 13.0 Å². The summed E-state index contributed by atoms with van der Waals surface area (Å²) >= 11 is 7.68. The lowest BCUT2D eigenvalue weighted by Crippen LogP contribution is -1.99. The second-order valence-corrected chi connectivity index (χ2v) is 7.05. The zero-order chi connectivity index (χ0) is 14.7. The van der Waals surface area contributed by atoms with Gasteiger partial charge in [-0.05, 0) is 49.6 Å². The minimum Gasteiger partial charge on any atom is -0.342 e.